The zero-order valence-electron chi connectivity index (χ0n) is 15.3. The van der Waals surface area contributed by atoms with E-state index in [9.17, 15) is 0 Å². The summed E-state index contributed by atoms with van der Waals surface area (Å²) in [5.74, 6) is 1.43. The van der Waals surface area contributed by atoms with Crippen LogP contribution in [0.2, 0.25) is 0 Å². The Labute approximate surface area is 151 Å². The molecule has 136 valence electrons. The van der Waals surface area contributed by atoms with E-state index < -0.39 is 0 Å². The van der Waals surface area contributed by atoms with Crippen LogP contribution in [0, 0.1) is 0 Å². The molecule has 0 atom stereocenters. The third kappa shape index (κ3) is 7.42. The van der Waals surface area contributed by atoms with E-state index in [1.165, 1.54) is 37.7 Å². The molecule has 3 N–H and O–H groups in total. The maximum absolute atomic E-state index is 5.96. The highest BCUT2D eigenvalue weighted by Gasteiger charge is 2.03. The van der Waals surface area contributed by atoms with Crippen LogP contribution in [0.5, 0.6) is 0 Å². The molecular weight excluding hydrogens is 310 g/mol. The predicted molar refractivity (Wildman–Crippen MR) is 104 cm³/mol. The first-order valence-corrected chi connectivity index (χ1v) is 9.37. The van der Waals surface area contributed by atoms with Gasteiger partial charge in [0.05, 0.1) is 0 Å². The van der Waals surface area contributed by atoms with Crippen molar-refractivity contribution in [3.8, 4) is 0 Å². The number of hydrogen-bond acceptors (Lipinski definition) is 2. The number of nitrogens with zero attached hydrogens (tertiary/aromatic N) is 3. The second-order valence-electron chi connectivity index (χ2n) is 6.35. The molecule has 0 saturated heterocycles. The van der Waals surface area contributed by atoms with Gasteiger partial charge in [-0.15, -0.1) is 0 Å². The highest BCUT2D eigenvalue weighted by atomic mass is 15.1. The van der Waals surface area contributed by atoms with Crippen molar-refractivity contribution in [1.82, 2.24) is 14.9 Å². The number of nitrogens with one attached hydrogen (secondary N) is 1. The molecule has 0 aliphatic rings. The van der Waals surface area contributed by atoms with Crippen molar-refractivity contribution < 1.29 is 0 Å². The predicted octanol–water partition coefficient (Wildman–Crippen LogP) is 3.70. The summed E-state index contributed by atoms with van der Waals surface area (Å²) in [4.78, 5) is 8.81. The van der Waals surface area contributed by atoms with Crippen LogP contribution in [-0.2, 0) is 13.1 Å². The third-order valence-corrected chi connectivity index (χ3v) is 4.22. The Morgan fingerprint density at radius 2 is 1.88 bits per heavy atom. The van der Waals surface area contributed by atoms with Crippen LogP contribution < -0.4 is 11.1 Å². The van der Waals surface area contributed by atoms with E-state index in [0.29, 0.717) is 12.5 Å². The fourth-order valence-electron chi connectivity index (χ4n) is 2.75. The van der Waals surface area contributed by atoms with Crippen molar-refractivity contribution in [1.29, 1.82) is 0 Å². The Morgan fingerprint density at radius 1 is 1.12 bits per heavy atom. The topological polar surface area (TPSA) is 68.2 Å². The number of imidazole rings is 1. The molecule has 0 unspecified atom stereocenters. The number of nitrogens with two attached hydrogens (primary N) is 1. The summed E-state index contributed by atoms with van der Waals surface area (Å²) in [6, 6.07) is 10.4. The van der Waals surface area contributed by atoms with Crippen LogP contribution in [0.15, 0.2) is 47.7 Å². The molecule has 1 heterocycles. The van der Waals surface area contributed by atoms with Crippen LogP contribution in [0.25, 0.3) is 0 Å². The van der Waals surface area contributed by atoms with Crippen molar-refractivity contribution in [3.05, 3.63) is 54.1 Å². The number of unbranched alkanes of at least 4 members (excludes halogenated alkanes) is 5. The monoisotopic (exact) mass is 341 g/mol. The number of guanidine groups is 1. The average Bonchev–Trinajstić information content (AvgIpc) is 3.07. The minimum Gasteiger partial charge on any atom is -0.370 e. The van der Waals surface area contributed by atoms with Crippen LogP contribution in [0.4, 0.5) is 0 Å². The molecule has 5 heteroatoms. The summed E-state index contributed by atoms with van der Waals surface area (Å²) < 4.78 is 2.11. The van der Waals surface area contributed by atoms with Gasteiger partial charge in [-0.1, -0.05) is 69.4 Å². The van der Waals surface area contributed by atoms with E-state index in [1.807, 2.05) is 30.6 Å². The molecule has 5 nitrogen and oxygen atoms in total. The second kappa shape index (κ2) is 11.3. The van der Waals surface area contributed by atoms with E-state index in [1.54, 1.807) is 0 Å². The lowest BCUT2D eigenvalue weighted by atomic mass is 10.1. The first-order chi connectivity index (χ1) is 12.3. The lowest BCUT2D eigenvalue weighted by molar-refractivity contribution is 0.601. The summed E-state index contributed by atoms with van der Waals surface area (Å²) in [5, 5.41) is 3.20. The SMILES string of the molecule is CCCCCCCCNC(N)=NCc1nccn1Cc1ccccc1. The molecule has 25 heavy (non-hydrogen) atoms. The maximum Gasteiger partial charge on any atom is 0.189 e. The van der Waals surface area contributed by atoms with Gasteiger partial charge in [-0.2, -0.15) is 0 Å². The summed E-state index contributed by atoms with van der Waals surface area (Å²) in [7, 11) is 0. The van der Waals surface area contributed by atoms with Crippen molar-refractivity contribution in [2.75, 3.05) is 6.54 Å². The third-order valence-electron chi connectivity index (χ3n) is 4.22. The standard InChI is InChI=1S/C20H31N5/c1-2-3-4-5-6-10-13-23-20(21)24-16-19-22-14-15-25(19)17-18-11-8-7-9-12-18/h7-9,11-12,14-15H,2-6,10,13,16-17H2,1H3,(H3,21,23,24). The molecule has 1 aromatic carbocycles. The molecule has 0 spiro atoms. The molecule has 0 fully saturated rings. The quantitative estimate of drug-likeness (QED) is 0.372. The van der Waals surface area contributed by atoms with Gasteiger partial charge in [0.2, 0.25) is 0 Å². The maximum atomic E-state index is 5.96. The Morgan fingerprint density at radius 3 is 2.68 bits per heavy atom. The zero-order chi connectivity index (χ0) is 17.7. The lowest BCUT2D eigenvalue weighted by Crippen LogP contribution is -2.32. The van der Waals surface area contributed by atoms with Gasteiger partial charge >= 0.3 is 0 Å². The minimum absolute atomic E-state index is 0.495. The smallest absolute Gasteiger partial charge is 0.189 e. The largest absolute Gasteiger partial charge is 0.370 e. The summed E-state index contributed by atoms with van der Waals surface area (Å²) in [6.07, 6.45) is 11.5. The van der Waals surface area contributed by atoms with Gasteiger partial charge in [0, 0.05) is 25.5 Å². The van der Waals surface area contributed by atoms with Gasteiger partial charge in [-0.25, -0.2) is 9.98 Å². The number of aliphatic imine (C=N–C) groups is 1. The fraction of sp³-hybridized carbons (Fsp3) is 0.500. The van der Waals surface area contributed by atoms with Crippen molar-refractivity contribution in [2.24, 2.45) is 10.7 Å². The number of hydrogen-bond donors (Lipinski definition) is 2. The molecule has 0 amide bonds. The van der Waals surface area contributed by atoms with Crippen LogP contribution >= 0.6 is 0 Å². The van der Waals surface area contributed by atoms with Crippen molar-refractivity contribution >= 4 is 5.96 Å². The molecule has 1 aromatic heterocycles. The molecule has 0 saturated carbocycles. The fourth-order valence-corrected chi connectivity index (χ4v) is 2.75. The van der Waals surface area contributed by atoms with Gasteiger partial charge in [0.25, 0.3) is 0 Å². The van der Waals surface area contributed by atoms with Gasteiger partial charge in [0.1, 0.15) is 12.4 Å². The van der Waals surface area contributed by atoms with E-state index in [0.717, 1.165) is 25.3 Å². The minimum atomic E-state index is 0.495. The molecule has 2 rings (SSSR count). The van der Waals surface area contributed by atoms with Crippen LogP contribution in [0.1, 0.15) is 56.8 Å². The number of rotatable bonds is 11. The van der Waals surface area contributed by atoms with E-state index >= 15 is 0 Å². The Kier molecular flexibility index (Phi) is 8.59. The van der Waals surface area contributed by atoms with Gasteiger partial charge in [0.15, 0.2) is 5.96 Å². The summed E-state index contributed by atoms with van der Waals surface area (Å²) in [5.41, 5.74) is 7.21. The lowest BCUT2D eigenvalue weighted by Gasteiger charge is -2.08. The Bertz CT molecular complexity index is 618. The Balaban J connectivity index is 1.71. The summed E-state index contributed by atoms with van der Waals surface area (Å²) >= 11 is 0. The van der Waals surface area contributed by atoms with Crippen LogP contribution in [-0.4, -0.2) is 22.1 Å². The summed E-state index contributed by atoms with van der Waals surface area (Å²) in [6.45, 7) is 4.43. The van der Waals surface area contributed by atoms with Gasteiger partial charge in [-0.05, 0) is 12.0 Å². The molecule has 0 aliphatic carbocycles. The van der Waals surface area contributed by atoms with Crippen LogP contribution in [0.3, 0.4) is 0 Å². The first-order valence-electron chi connectivity index (χ1n) is 9.37. The molecule has 0 radical (unpaired) electrons. The van der Waals surface area contributed by atoms with Crippen molar-refractivity contribution in [2.45, 2.75) is 58.5 Å². The van der Waals surface area contributed by atoms with Crippen molar-refractivity contribution in [3.63, 3.8) is 0 Å². The molecule has 2 aromatic rings. The second-order valence-corrected chi connectivity index (χ2v) is 6.35. The first kappa shape index (κ1) is 19.0. The van der Waals surface area contributed by atoms with E-state index in [-0.39, 0.29) is 0 Å². The molecule has 0 aliphatic heterocycles. The normalized spacial score (nSPS) is 11.6. The number of benzene rings is 1. The average molecular weight is 342 g/mol. The zero-order valence-corrected chi connectivity index (χ0v) is 15.3. The van der Waals surface area contributed by atoms with E-state index in [2.05, 4.69) is 38.9 Å². The highest BCUT2D eigenvalue weighted by molar-refractivity contribution is 5.77. The highest BCUT2D eigenvalue weighted by Crippen LogP contribution is 2.06. The molecular formula is C20H31N5. The van der Waals surface area contributed by atoms with Gasteiger partial charge < -0.3 is 15.6 Å². The Hall–Kier alpha value is -2.30. The van der Waals surface area contributed by atoms with E-state index in [4.69, 9.17) is 5.73 Å². The van der Waals surface area contributed by atoms with Gasteiger partial charge in [-0.3, -0.25) is 0 Å². The number of aromatic nitrogens is 2. The molecule has 0 bridgehead atoms.